The van der Waals surface area contributed by atoms with E-state index in [0.29, 0.717) is 13.0 Å². The Kier molecular flexibility index (Phi) is 9.22. The summed E-state index contributed by atoms with van der Waals surface area (Å²) >= 11 is 0. The van der Waals surface area contributed by atoms with Crippen LogP contribution in [0.25, 0.3) is 0 Å². The van der Waals surface area contributed by atoms with Gasteiger partial charge in [0.15, 0.2) is 0 Å². The van der Waals surface area contributed by atoms with Crippen molar-refractivity contribution < 1.29 is 28.3 Å². The summed E-state index contributed by atoms with van der Waals surface area (Å²) in [7, 11) is 0. The topological polar surface area (TPSA) is 124 Å². The molecule has 4 rings (SSSR count). The summed E-state index contributed by atoms with van der Waals surface area (Å²) < 4.78 is 27.7. The third-order valence-corrected chi connectivity index (χ3v) is 7.01. The molecule has 0 unspecified atom stereocenters. The molecule has 1 aromatic heterocycles. The number of amides is 2. The van der Waals surface area contributed by atoms with Crippen LogP contribution in [-0.2, 0) is 22.4 Å². The predicted octanol–water partition coefficient (Wildman–Crippen LogP) is 2.36. The van der Waals surface area contributed by atoms with Crippen LogP contribution in [0.1, 0.15) is 47.3 Å². The van der Waals surface area contributed by atoms with Crippen molar-refractivity contribution in [3.8, 4) is 0 Å². The summed E-state index contributed by atoms with van der Waals surface area (Å²) in [6, 6.07) is 5.60. The summed E-state index contributed by atoms with van der Waals surface area (Å²) in [6.45, 7) is 2.80. The van der Waals surface area contributed by atoms with Crippen LogP contribution < -0.4 is 16.0 Å². The summed E-state index contributed by atoms with van der Waals surface area (Å²) in [6.07, 6.45) is 5.42. The lowest BCUT2D eigenvalue weighted by atomic mass is 9.96. The van der Waals surface area contributed by atoms with Gasteiger partial charge in [-0.15, -0.1) is 0 Å². The number of pyridine rings is 1. The molecule has 1 fully saturated rings. The van der Waals surface area contributed by atoms with Crippen molar-refractivity contribution in [1.82, 2.24) is 20.5 Å². The number of carboxylic acid groups (broad SMARTS) is 1. The van der Waals surface area contributed by atoms with Gasteiger partial charge in [0.1, 0.15) is 29.1 Å². The fourth-order valence-corrected chi connectivity index (χ4v) is 4.96. The highest BCUT2D eigenvalue weighted by atomic mass is 19.1. The summed E-state index contributed by atoms with van der Waals surface area (Å²) in [4.78, 5) is 43.6. The maximum atomic E-state index is 13.9. The van der Waals surface area contributed by atoms with Crippen LogP contribution in [0.4, 0.5) is 14.6 Å². The lowest BCUT2D eigenvalue weighted by molar-refractivity contribution is -0.139. The Hall–Kier alpha value is -3.60. The third kappa shape index (κ3) is 7.03. The van der Waals surface area contributed by atoms with Gasteiger partial charge in [-0.1, -0.05) is 12.1 Å². The minimum Gasteiger partial charge on any atom is -0.480 e. The number of aliphatic carboxylic acids is 1. The fraction of sp³-hybridized carbons (Fsp3) is 0.481. The number of hydrogen-bond acceptors (Lipinski definition) is 6. The second kappa shape index (κ2) is 12.8. The van der Waals surface area contributed by atoms with Crippen LogP contribution in [0, 0.1) is 17.6 Å². The molecule has 1 aromatic carbocycles. The third-order valence-electron chi connectivity index (χ3n) is 7.01. The number of carbonyl (C=O) groups is 3. The van der Waals surface area contributed by atoms with E-state index in [0.717, 1.165) is 81.4 Å². The van der Waals surface area contributed by atoms with Gasteiger partial charge in [0.25, 0.3) is 5.91 Å². The molecule has 38 heavy (non-hydrogen) atoms. The molecule has 4 N–H and O–H groups in total. The van der Waals surface area contributed by atoms with Crippen LogP contribution in [0.15, 0.2) is 30.3 Å². The standard InChI is InChI=1S/C27H33F2N5O4/c28-20-8-1-9-21(29)23(20)26(36)33-22(27(37)38)15-31-25(35)18-6-3-13-34(16-18)14-4-7-19-11-10-17-5-2-12-30-24(17)32-19/h1,8-11,18,22H,2-7,12-16H2,(H,30,32)(H,31,35)(H,33,36)(H,37,38)/t18-,22+/m1/s1. The van der Waals surface area contributed by atoms with Gasteiger partial charge in [0, 0.05) is 25.3 Å². The first-order chi connectivity index (χ1) is 18.3. The van der Waals surface area contributed by atoms with E-state index in [9.17, 15) is 28.3 Å². The van der Waals surface area contributed by atoms with Crippen molar-refractivity contribution >= 4 is 23.6 Å². The summed E-state index contributed by atoms with van der Waals surface area (Å²) in [5, 5.41) is 17.5. The normalized spacial score (nSPS) is 18.1. The van der Waals surface area contributed by atoms with E-state index in [1.54, 1.807) is 0 Å². The molecule has 204 valence electrons. The van der Waals surface area contributed by atoms with E-state index in [-0.39, 0.29) is 11.8 Å². The maximum absolute atomic E-state index is 13.9. The first-order valence-corrected chi connectivity index (χ1v) is 13.0. The van der Waals surface area contributed by atoms with Crippen molar-refractivity contribution in [3.63, 3.8) is 0 Å². The number of piperidine rings is 1. The highest BCUT2D eigenvalue weighted by Crippen LogP contribution is 2.21. The van der Waals surface area contributed by atoms with Gasteiger partial charge >= 0.3 is 5.97 Å². The number of rotatable bonds is 10. The fourth-order valence-electron chi connectivity index (χ4n) is 4.96. The zero-order valence-corrected chi connectivity index (χ0v) is 21.1. The molecule has 11 heteroatoms. The number of hydrogen-bond donors (Lipinski definition) is 4. The van der Waals surface area contributed by atoms with Crippen molar-refractivity contribution in [2.45, 2.75) is 44.6 Å². The van der Waals surface area contributed by atoms with E-state index >= 15 is 0 Å². The Labute approximate surface area is 220 Å². The van der Waals surface area contributed by atoms with Crippen molar-refractivity contribution in [3.05, 3.63) is 58.8 Å². The van der Waals surface area contributed by atoms with Crippen molar-refractivity contribution in [2.75, 3.05) is 38.0 Å². The van der Waals surface area contributed by atoms with Gasteiger partial charge in [-0.05, 0) is 75.4 Å². The molecule has 0 radical (unpaired) electrons. The Morgan fingerprint density at radius 3 is 2.71 bits per heavy atom. The number of aromatic nitrogens is 1. The predicted molar refractivity (Wildman–Crippen MR) is 137 cm³/mol. The minimum absolute atomic E-state index is 0.310. The molecule has 3 heterocycles. The van der Waals surface area contributed by atoms with Gasteiger partial charge in [-0.3, -0.25) is 9.59 Å². The highest BCUT2D eigenvalue weighted by molar-refractivity contribution is 5.97. The number of aryl methyl sites for hydroxylation is 2. The van der Waals surface area contributed by atoms with Gasteiger partial charge in [-0.25, -0.2) is 18.6 Å². The van der Waals surface area contributed by atoms with E-state index in [2.05, 4.69) is 33.0 Å². The summed E-state index contributed by atoms with van der Waals surface area (Å²) in [5.74, 6) is -4.46. The molecule has 2 atom stereocenters. The molecular weight excluding hydrogens is 496 g/mol. The number of anilines is 1. The SMILES string of the molecule is O=C(N[C@@H](CNC(=O)[C@@H]1CCCN(CCCc2ccc3c(n2)NCCC3)C1)C(=O)O)c1c(F)cccc1F. The number of nitrogens with one attached hydrogen (secondary N) is 3. The summed E-state index contributed by atoms with van der Waals surface area (Å²) in [5.41, 5.74) is 1.44. The number of likely N-dealkylation sites (tertiary alicyclic amines) is 1. The van der Waals surface area contributed by atoms with Crippen LogP contribution >= 0.6 is 0 Å². The number of nitrogens with zero attached hydrogens (tertiary/aromatic N) is 2. The number of halogens is 2. The number of benzene rings is 1. The molecule has 9 nitrogen and oxygen atoms in total. The highest BCUT2D eigenvalue weighted by Gasteiger charge is 2.29. The number of fused-ring (bicyclic) bond motifs is 1. The second-order valence-corrected chi connectivity index (χ2v) is 9.79. The Bertz CT molecular complexity index is 1160. The smallest absolute Gasteiger partial charge is 0.328 e. The lowest BCUT2D eigenvalue weighted by Gasteiger charge is -2.32. The monoisotopic (exact) mass is 529 g/mol. The quantitative estimate of drug-likeness (QED) is 0.373. The maximum Gasteiger partial charge on any atom is 0.328 e. The average molecular weight is 530 g/mol. The zero-order chi connectivity index (χ0) is 27.1. The molecule has 2 aliphatic heterocycles. The van der Waals surface area contributed by atoms with Crippen LogP contribution in [0.2, 0.25) is 0 Å². The average Bonchev–Trinajstić information content (AvgIpc) is 2.90. The molecular formula is C27H33F2N5O4. The first-order valence-electron chi connectivity index (χ1n) is 13.0. The van der Waals surface area contributed by atoms with E-state index in [4.69, 9.17) is 4.98 Å². The second-order valence-electron chi connectivity index (χ2n) is 9.79. The first kappa shape index (κ1) is 27.4. The zero-order valence-electron chi connectivity index (χ0n) is 21.1. The molecule has 0 spiro atoms. The molecule has 2 aromatic rings. The van der Waals surface area contributed by atoms with Crippen molar-refractivity contribution in [2.24, 2.45) is 5.92 Å². The number of carbonyl (C=O) groups excluding carboxylic acids is 2. The van der Waals surface area contributed by atoms with Gasteiger partial charge in [-0.2, -0.15) is 0 Å². The van der Waals surface area contributed by atoms with E-state index in [1.165, 1.54) is 5.56 Å². The van der Waals surface area contributed by atoms with Crippen LogP contribution in [0.5, 0.6) is 0 Å². The van der Waals surface area contributed by atoms with E-state index in [1.807, 2.05) is 0 Å². The van der Waals surface area contributed by atoms with E-state index < -0.39 is 41.7 Å². The molecule has 0 bridgehead atoms. The Balaban J connectivity index is 1.24. The van der Waals surface area contributed by atoms with Crippen LogP contribution in [0.3, 0.4) is 0 Å². The molecule has 1 saturated heterocycles. The molecule has 2 amide bonds. The van der Waals surface area contributed by atoms with Crippen molar-refractivity contribution in [1.29, 1.82) is 0 Å². The van der Waals surface area contributed by atoms with Gasteiger partial charge < -0.3 is 26.0 Å². The number of carboxylic acids is 1. The Morgan fingerprint density at radius 1 is 1.16 bits per heavy atom. The molecule has 0 saturated carbocycles. The molecule has 0 aliphatic carbocycles. The van der Waals surface area contributed by atoms with Gasteiger partial charge in [0.2, 0.25) is 5.91 Å². The van der Waals surface area contributed by atoms with Crippen LogP contribution in [-0.4, -0.2) is 71.5 Å². The minimum atomic E-state index is -1.54. The van der Waals surface area contributed by atoms with Gasteiger partial charge in [0.05, 0.1) is 5.92 Å². The largest absolute Gasteiger partial charge is 0.480 e. The Morgan fingerprint density at radius 2 is 1.95 bits per heavy atom. The molecule has 2 aliphatic rings. The lowest BCUT2D eigenvalue weighted by Crippen LogP contribution is -2.51.